The normalized spacial score (nSPS) is 32.2. The molecule has 2 aliphatic rings. The fourth-order valence-electron chi connectivity index (χ4n) is 2.83. The van der Waals surface area contributed by atoms with Gasteiger partial charge in [0.2, 0.25) is 5.91 Å². The molecule has 2 heterocycles. The second-order valence-electron chi connectivity index (χ2n) is 5.56. The molecule has 1 amide bonds. The molecule has 0 saturated carbocycles. The van der Waals surface area contributed by atoms with Crippen LogP contribution in [-0.2, 0) is 4.79 Å². The summed E-state index contributed by atoms with van der Waals surface area (Å²) in [6.07, 6.45) is 2.26. The van der Waals surface area contributed by atoms with Crippen molar-refractivity contribution in [2.45, 2.75) is 51.7 Å². The van der Waals surface area contributed by atoms with E-state index >= 15 is 0 Å². The first kappa shape index (κ1) is 12.8. The van der Waals surface area contributed by atoms with Gasteiger partial charge in [-0.25, -0.2) is 0 Å². The first-order valence-electron chi connectivity index (χ1n) is 6.89. The third-order valence-corrected chi connectivity index (χ3v) is 4.32. The molecule has 0 aromatic heterocycles. The minimum atomic E-state index is 0.0106. The van der Waals surface area contributed by atoms with Crippen LogP contribution in [0.25, 0.3) is 0 Å². The standard InChI is InChI=1S/C13H25N3O/c1-4-9(2)15-13(17)10(3)16-7-11-5-6-14-12(11)8-16/h9-12,14H,4-8H2,1-3H3,(H,15,17)/t9?,10?,11-,12+/m0/s1. The number of nitrogens with zero attached hydrogens (tertiary/aromatic N) is 1. The minimum Gasteiger partial charge on any atom is -0.352 e. The number of carbonyl (C=O) groups is 1. The van der Waals surface area contributed by atoms with Gasteiger partial charge >= 0.3 is 0 Å². The second-order valence-corrected chi connectivity index (χ2v) is 5.56. The summed E-state index contributed by atoms with van der Waals surface area (Å²) in [4.78, 5) is 14.4. The molecule has 2 rings (SSSR count). The smallest absolute Gasteiger partial charge is 0.237 e. The van der Waals surface area contributed by atoms with E-state index in [-0.39, 0.29) is 18.0 Å². The van der Waals surface area contributed by atoms with Gasteiger partial charge in [-0.05, 0) is 39.2 Å². The lowest BCUT2D eigenvalue weighted by molar-refractivity contribution is -0.126. The molecular weight excluding hydrogens is 214 g/mol. The molecule has 4 heteroatoms. The molecule has 0 aromatic rings. The zero-order valence-corrected chi connectivity index (χ0v) is 11.2. The van der Waals surface area contributed by atoms with Crippen LogP contribution >= 0.6 is 0 Å². The number of likely N-dealkylation sites (tertiary alicyclic amines) is 1. The topological polar surface area (TPSA) is 44.4 Å². The fraction of sp³-hybridized carbons (Fsp3) is 0.923. The number of hydrogen-bond acceptors (Lipinski definition) is 3. The molecule has 0 bridgehead atoms. The van der Waals surface area contributed by atoms with Gasteiger partial charge in [-0.15, -0.1) is 0 Å². The Hall–Kier alpha value is -0.610. The summed E-state index contributed by atoms with van der Waals surface area (Å²) in [5.74, 6) is 0.938. The molecule has 0 aliphatic carbocycles. The molecule has 2 aliphatic heterocycles. The van der Waals surface area contributed by atoms with E-state index in [1.54, 1.807) is 0 Å². The first-order valence-corrected chi connectivity index (χ1v) is 6.89. The van der Waals surface area contributed by atoms with E-state index in [0.29, 0.717) is 6.04 Å². The van der Waals surface area contributed by atoms with Gasteiger partial charge in [0.25, 0.3) is 0 Å². The van der Waals surface area contributed by atoms with Crippen molar-refractivity contribution < 1.29 is 4.79 Å². The molecule has 2 N–H and O–H groups in total. The number of rotatable bonds is 4. The molecule has 17 heavy (non-hydrogen) atoms. The van der Waals surface area contributed by atoms with E-state index in [9.17, 15) is 4.79 Å². The van der Waals surface area contributed by atoms with Crippen LogP contribution in [-0.4, -0.2) is 48.6 Å². The van der Waals surface area contributed by atoms with Crippen LogP contribution in [0.3, 0.4) is 0 Å². The van der Waals surface area contributed by atoms with Gasteiger partial charge in [-0.3, -0.25) is 9.69 Å². The van der Waals surface area contributed by atoms with Gasteiger partial charge in [0.05, 0.1) is 6.04 Å². The number of hydrogen-bond donors (Lipinski definition) is 2. The Morgan fingerprint density at radius 1 is 1.47 bits per heavy atom. The molecular formula is C13H25N3O. The van der Waals surface area contributed by atoms with Crippen molar-refractivity contribution in [1.82, 2.24) is 15.5 Å². The van der Waals surface area contributed by atoms with E-state index in [4.69, 9.17) is 0 Å². The van der Waals surface area contributed by atoms with Gasteiger partial charge in [0.1, 0.15) is 0 Å². The van der Waals surface area contributed by atoms with Gasteiger partial charge in [0, 0.05) is 25.2 Å². The van der Waals surface area contributed by atoms with Crippen LogP contribution in [0.5, 0.6) is 0 Å². The van der Waals surface area contributed by atoms with E-state index < -0.39 is 0 Å². The van der Waals surface area contributed by atoms with Gasteiger partial charge < -0.3 is 10.6 Å². The predicted octanol–water partition coefficient (Wildman–Crippen LogP) is 0.583. The van der Waals surface area contributed by atoms with Crippen molar-refractivity contribution in [3.63, 3.8) is 0 Å². The van der Waals surface area contributed by atoms with Crippen molar-refractivity contribution in [3.05, 3.63) is 0 Å². The molecule has 0 spiro atoms. The lowest BCUT2D eigenvalue weighted by Crippen LogP contribution is -2.47. The highest BCUT2D eigenvalue weighted by Crippen LogP contribution is 2.25. The average molecular weight is 239 g/mol. The van der Waals surface area contributed by atoms with Crippen LogP contribution in [0.4, 0.5) is 0 Å². The molecule has 0 radical (unpaired) electrons. The van der Waals surface area contributed by atoms with E-state index in [1.807, 2.05) is 6.92 Å². The molecule has 4 nitrogen and oxygen atoms in total. The van der Waals surface area contributed by atoms with E-state index in [1.165, 1.54) is 6.42 Å². The zero-order chi connectivity index (χ0) is 12.4. The van der Waals surface area contributed by atoms with Crippen LogP contribution in [0.2, 0.25) is 0 Å². The number of amides is 1. The predicted molar refractivity (Wildman–Crippen MR) is 68.8 cm³/mol. The van der Waals surface area contributed by atoms with Crippen molar-refractivity contribution in [3.8, 4) is 0 Å². The van der Waals surface area contributed by atoms with Gasteiger partial charge in [-0.1, -0.05) is 6.92 Å². The molecule has 2 unspecified atom stereocenters. The fourth-order valence-corrected chi connectivity index (χ4v) is 2.83. The third kappa shape index (κ3) is 2.80. The minimum absolute atomic E-state index is 0.0106. The summed E-state index contributed by atoms with van der Waals surface area (Å²) >= 11 is 0. The van der Waals surface area contributed by atoms with Crippen molar-refractivity contribution in [2.75, 3.05) is 19.6 Å². The second kappa shape index (κ2) is 5.36. The lowest BCUT2D eigenvalue weighted by Gasteiger charge is -2.25. The maximum absolute atomic E-state index is 12.0. The molecule has 2 fully saturated rings. The van der Waals surface area contributed by atoms with E-state index in [0.717, 1.165) is 32.0 Å². The Morgan fingerprint density at radius 3 is 2.88 bits per heavy atom. The Kier molecular flexibility index (Phi) is 4.05. The maximum atomic E-state index is 12.0. The first-order chi connectivity index (χ1) is 8.11. The quantitative estimate of drug-likeness (QED) is 0.754. The molecule has 2 saturated heterocycles. The summed E-state index contributed by atoms with van der Waals surface area (Å²) in [6, 6.07) is 0.912. The number of carbonyl (C=O) groups excluding carboxylic acids is 1. The average Bonchev–Trinajstić information content (AvgIpc) is 2.87. The Balaban J connectivity index is 1.84. The van der Waals surface area contributed by atoms with Crippen LogP contribution in [0.1, 0.15) is 33.6 Å². The monoisotopic (exact) mass is 239 g/mol. The summed E-state index contributed by atoms with van der Waals surface area (Å²) in [6.45, 7) is 9.44. The highest BCUT2D eigenvalue weighted by molar-refractivity contribution is 5.81. The molecule has 98 valence electrons. The van der Waals surface area contributed by atoms with Crippen molar-refractivity contribution in [1.29, 1.82) is 0 Å². The Labute approximate surface area is 104 Å². The zero-order valence-electron chi connectivity index (χ0n) is 11.2. The van der Waals surface area contributed by atoms with Crippen LogP contribution < -0.4 is 10.6 Å². The van der Waals surface area contributed by atoms with Crippen LogP contribution in [0.15, 0.2) is 0 Å². The van der Waals surface area contributed by atoms with Gasteiger partial charge in [0.15, 0.2) is 0 Å². The lowest BCUT2D eigenvalue weighted by atomic mass is 10.1. The number of fused-ring (bicyclic) bond motifs is 1. The maximum Gasteiger partial charge on any atom is 0.237 e. The molecule has 0 aromatic carbocycles. The number of nitrogens with one attached hydrogen (secondary N) is 2. The van der Waals surface area contributed by atoms with Crippen LogP contribution in [0, 0.1) is 5.92 Å². The summed E-state index contributed by atoms with van der Waals surface area (Å²) in [5.41, 5.74) is 0. The highest BCUT2D eigenvalue weighted by atomic mass is 16.2. The largest absolute Gasteiger partial charge is 0.352 e. The summed E-state index contributed by atoms with van der Waals surface area (Å²) in [5, 5.41) is 6.59. The third-order valence-electron chi connectivity index (χ3n) is 4.32. The van der Waals surface area contributed by atoms with Crippen molar-refractivity contribution >= 4 is 5.91 Å². The Morgan fingerprint density at radius 2 is 2.24 bits per heavy atom. The summed E-state index contributed by atoms with van der Waals surface area (Å²) in [7, 11) is 0. The highest BCUT2D eigenvalue weighted by Gasteiger charge is 2.39. The van der Waals surface area contributed by atoms with Gasteiger partial charge in [-0.2, -0.15) is 0 Å². The molecule has 4 atom stereocenters. The Bertz CT molecular complexity index is 270. The van der Waals surface area contributed by atoms with E-state index in [2.05, 4.69) is 29.4 Å². The summed E-state index contributed by atoms with van der Waals surface area (Å²) < 4.78 is 0. The SMILES string of the molecule is CCC(C)NC(=O)C(C)N1C[C@@H]2CCN[C@@H]2C1. The van der Waals surface area contributed by atoms with Crippen molar-refractivity contribution in [2.24, 2.45) is 5.92 Å².